The van der Waals surface area contributed by atoms with E-state index in [4.69, 9.17) is 0 Å². The Balaban J connectivity index is 0.000000265. The molecule has 0 unspecified atom stereocenters. The summed E-state index contributed by atoms with van der Waals surface area (Å²) >= 11 is 3.18. The van der Waals surface area contributed by atoms with Crippen molar-refractivity contribution in [3.05, 3.63) is 131 Å². The number of aromatic nitrogens is 2. The van der Waals surface area contributed by atoms with Gasteiger partial charge in [0.15, 0.2) is 0 Å². The summed E-state index contributed by atoms with van der Waals surface area (Å²) in [5.74, 6) is 0. The van der Waals surface area contributed by atoms with Crippen LogP contribution >= 0.6 is 22.7 Å². The number of anilines is 2. The van der Waals surface area contributed by atoms with Crippen molar-refractivity contribution in [1.82, 2.24) is 0 Å². The van der Waals surface area contributed by atoms with E-state index in [1.165, 1.54) is 24.3 Å². The molecule has 0 radical (unpaired) electrons. The van der Waals surface area contributed by atoms with Crippen LogP contribution in [0.3, 0.4) is 0 Å². The van der Waals surface area contributed by atoms with E-state index in [1.54, 1.807) is 60.8 Å². The van der Waals surface area contributed by atoms with Gasteiger partial charge < -0.3 is 19.7 Å². The van der Waals surface area contributed by atoms with E-state index < -0.39 is 20.2 Å². The minimum absolute atomic E-state index is 0.139. The first kappa shape index (κ1) is 44.5. The Morgan fingerprint density at radius 2 is 0.930 bits per heavy atom. The lowest BCUT2D eigenvalue weighted by Gasteiger charge is -2.08. The van der Waals surface area contributed by atoms with Crippen molar-refractivity contribution < 1.29 is 35.1 Å². The van der Waals surface area contributed by atoms with Crippen LogP contribution in [0.2, 0.25) is 0 Å². The molecule has 0 aliphatic heterocycles. The monoisotopic (exact) mass is 848 g/mol. The Morgan fingerprint density at radius 3 is 1.25 bits per heavy atom. The Morgan fingerprint density at radius 1 is 0.561 bits per heavy atom. The molecule has 6 aromatic rings. The number of nitrogens with zero attached hydrogens (tertiary/aromatic N) is 6. The highest BCUT2D eigenvalue weighted by Crippen LogP contribution is 2.23. The maximum atomic E-state index is 10.5. The first-order chi connectivity index (χ1) is 27.3. The van der Waals surface area contributed by atoms with Gasteiger partial charge in [-0.2, -0.15) is 0 Å². The fraction of sp³-hybridized carbons (Fsp3) is 0.231. The first-order valence-electron chi connectivity index (χ1n) is 17.8. The molecule has 57 heavy (non-hydrogen) atoms. The fourth-order valence-electron chi connectivity index (χ4n) is 4.96. The third kappa shape index (κ3) is 14.7. The van der Waals surface area contributed by atoms with E-state index in [2.05, 4.69) is 54.1 Å². The molecule has 0 saturated heterocycles. The summed E-state index contributed by atoms with van der Waals surface area (Å²) in [5, 5.41) is 30.2. The predicted octanol–water partition coefficient (Wildman–Crippen LogP) is 8.97. The van der Waals surface area contributed by atoms with Gasteiger partial charge in [-0.25, -0.2) is 26.0 Å². The van der Waals surface area contributed by atoms with Crippen LogP contribution in [-0.4, -0.2) is 39.0 Å². The molecule has 6 rings (SSSR count). The summed E-state index contributed by atoms with van der Waals surface area (Å²) < 4.78 is 67.1. The number of azo groups is 2. The van der Waals surface area contributed by atoms with E-state index in [0.29, 0.717) is 11.1 Å². The van der Waals surface area contributed by atoms with Crippen molar-refractivity contribution in [3.63, 3.8) is 0 Å². The zero-order valence-corrected chi connectivity index (χ0v) is 35.1. The molecular formula is C39H44N8O6S4. The SMILES string of the molecule is CC[n+]1ccsc1N=Nc1ccc(NCCCNc2ccc(N=Nc3scc[n+]3CC)cc2)cc1.Cc1ccccc1S(=O)(=O)[O-].Cc1ccccc1S(=O)(=O)[O-]. The molecule has 0 amide bonds. The van der Waals surface area contributed by atoms with Crippen molar-refractivity contribution in [1.29, 1.82) is 0 Å². The Hall–Kier alpha value is -5.24. The number of nitrogens with one attached hydrogen (secondary N) is 2. The molecule has 0 fully saturated rings. The first-order valence-corrected chi connectivity index (χ1v) is 22.3. The summed E-state index contributed by atoms with van der Waals surface area (Å²) in [6.07, 6.45) is 5.04. The van der Waals surface area contributed by atoms with Crippen LogP contribution in [0, 0.1) is 13.8 Å². The fourth-order valence-corrected chi connectivity index (χ4v) is 7.86. The van der Waals surface area contributed by atoms with Crippen LogP contribution in [-0.2, 0) is 33.3 Å². The van der Waals surface area contributed by atoms with Crippen LogP contribution in [0.4, 0.5) is 33.0 Å². The molecule has 14 nitrogen and oxygen atoms in total. The van der Waals surface area contributed by atoms with E-state index >= 15 is 0 Å². The quantitative estimate of drug-likeness (QED) is 0.0469. The lowest BCUT2D eigenvalue weighted by atomic mass is 10.2. The van der Waals surface area contributed by atoms with Crippen LogP contribution in [0.25, 0.3) is 0 Å². The summed E-state index contributed by atoms with van der Waals surface area (Å²) in [7, 11) is -8.57. The minimum Gasteiger partial charge on any atom is -0.744 e. The molecule has 0 aliphatic carbocycles. The molecule has 2 N–H and O–H groups in total. The van der Waals surface area contributed by atoms with Gasteiger partial charge in [0.1, 0.15) is 44.0 Å². The molecule has 0 bridgehead atoms. The summed E-state index contributed by atoms with van der Waals surface area (Å²) in [6.45, 7) is 10.9. The van der Waals surface area contributed by atoms with Crippen molar-refractivity contribution in [2.24, 2.45) is 20.5 Å². The second-order valence-corrected chi connectivity index (χ2v) is 16.5. The smallest absolute Gasteiger partial charge is 0.408 e. The predicted molar refractivity (Wildman–Crippen MR) is 221 cm³/mol. The highest BCUT2D eigenvalue weighted by molar-refractivity contribution is 7.86. The van der Waals surface area contributed by atoms with Gasteiger partial charge in [-0.3, -0.25) is 0 Å². The van der Waals surface area contributed by atoms with Gasteiger partial charge in [0, 0.05) is 35.2 Å². The zero-order chi connectivity index (χ0) is 41.3. The molecule has 0 atom stereocenters. The normalized spacial score (nSPS) is 11.5. The van der Waals surface area contributed by atoms with Crippen LogP contribution in [0.5, 0.6) is 0 Å². The van der Waals surface area contributed by atoms with Gasteiger partial charge in [0.25, 0.3) is 0 Å². The Labute approximate surface area is 341 Å². The average Bonchev–Trinajstić information content (AvgIpc) is 3.86. The van der Waals surface area contributed by atoms with Crippen molar-refractivity contribution in [2.75, 3.05) is 23.7 Å². The number of aryl methyl sites for hydroxylation is 4. The van der Waals surface area contributed by atoms with Gasteiger partial charge in [0.05, 0.1) is 33.1 Å². The van der Waals surface area contributed by atoms with Gasteiger partial charge in [-0.1, -0.05) is 36.4 Å². The number of rotatable bonds is 14. The van der Waals surface area contributed by atoms with Crippen LogP contribution in [0.15, 0.2) is 150 Å². The summed E-state index contributed by atoms with van der Waals surface area (Å²) in [4.78, 5) is -0.278. The Kier molecular flexibility index (Phi) is 17.1. The highest BCUT2D eigenvalue weighted by atomic mass is 32.2. The van der Waals surface area contributed by atoms with Crippen LogP contribution in [0.1, 0.15) is 31.4 Å². The standard InChI is InChI=1S/C25H28N8S2.2C7H8O3S/c1-3-32-16-18-34-24(32)30-28-22-10-6-20(7-11-22)26-14-5-15-27-21-8-12-23(13-9-21)29-31-25-33(4-2)17-19-35-25;2*1-6-4-2-3-5-7(6)11(8,9)10/h6-13,16-19H,3-5,14-15H2,1-2H3;2*2-5H,1H3,(H,8,9,10). The molecule has 0 aliphatic rings. The molecule has 300 valence electrons. The molecule has 2 heterocycles. The van der Waals surface area contributed by atoms with Crippen molar-refractivity contribution >= 4 is 75.9 Å². The third-order valence-electron chi connectivity index (χ3n) is 7.98. The molecule has 18 heteroatoms. The lowest BCUT2D eigenvalue weighted by molar-refractivity contribution is -0.677. The number of hydrogen-bond acceptors (Lipinski definition) is 14. The molecule has 0 saturated carbocycles. The maximum absolute atomic E-state index is 10.5. The van der Waals surface area contributed by atoms with E-state index in [9.17, 15) is 25.9 Å². The largest absolute Gasteiger partial charge is 0.744 e. The van der Waals surface area contributed by atoms with E-state index in [1.807, 2.05) is 71.7 Å². The van der Waals surface area contributed by atoms with Gasteiger partial charge >= 0.3 is 10.3 Å². The second-order valence-electron chi connectivity index (χ2n) is 12.1. The zero-order valence-electron chi connectivity index (χ0n) is 31.8. The van der Waals surface area contributed by atoms with Gasteiger partial charge in [0.2, 0.25) is 0 Å². The highest BCUT2D eigenvalue weighted by Gasteiger charge is 2.11. The summed E-state index contributed by atoms with van der Waals surface area (Å²) in [6, 6.07) is 28.3. The van der Waals surface area contributed by atoms with Gasteiger partial charge in [-0.15, -0.1) is 0 Å². The second kappa shape index (κ2) is 21.9. The molecule has 0 spiro atoms. The molecular weight excluding hydrogens is 805 g/mol. The van der Waals surface area contributed by atoms with E-state index in [0.717, 1.165) is 65.6 Å². The minimum atomic E-state index is -4.28. The number of thiazole rings is 2. The van der Waals surface area contributed by atoms with Crippen molar-refractivity contribution in [2.45, 2.75) is 57.0 Å². The maximum Gasteiger partial charge on any atom is 0.408 e. The number of hydrogen-bond donors (Lipinski definition) is 2. The molecule has 2 aromatic heterocycles. The summed E-state index contributed by atoms with van der Waals surface area (Å²) in [5.41, 5.74) is 4.82. The third-order valence-corrected chi connectivity index (χ3v) is 11.5. The topological polar surface area (TPSA) is 196 Å². The average molecular weight is 849 g/mol. The van der Waals surface area contributed by atoms with E-state index in [-0.39, 0.29) is 9.79 Å². The van der Waals surface area contributed by atoms with Crippen LogP contribution < -0.4 is 19.8 Å². The van der Waals surface area contributed by atoms with Crippen molar-refractivity contribution in [3.8, 4) is 0 Å². The Bertz CT molecular complexity index is 2280. The lowest BCUT2D eigenvalue weighted by Crippen LogP contribution is -2.28. The molecule has 4 aromatic carbocycles. The number of benzene rings is 4. The van der Waals surface area contributed by atoms with Gasteiger partial charge in [-0.05, 0) is 139 Å².